The van der Waals surface area contributed by atoms with Gasteiger partial charge in [-0.2, -0.15) is 17.9 Å². The zero-order valence-corrected chi connectivity index (χ0v) is 9.29. The Hall–Kier alpha value is -1.12. The van der Waals surface area contributed by atoms with E-state index in [2.05, 4.69) is 0 Å². The first kappa shape index (κ1) is 13.9. The Bertz CT molecular complexity index is 458. The van der Waals surface area contributed by atoms with E-state index in [-0.39, 0.29) is 5.56 Å². The molecule has 17 heavy (non-hydrogen) atoms. The number of benzene rings is 1. The van der Waals surface area contributed by atoms with Crippen LogP contribution in [0.4, 0.5) is 13.2 Å². The molecule has 0 aliphatic rings. The van der Waals surface area contributed by atoms with Crippen molar-refractivity contribution >= 4 is 10.0 Å². The summed E-state index contributed by atoms with van der Waals surface area (Å²) in [4.78, 5) is 0. The number of nitrogens with one attached hydrogen (secondary N) is 1. The van der Waals surface area contributed by atoms with Crippen LogP contribution in [0.5, 0.6) is 0 Å². The van der Waals surface area contributed by atoms with Crippen LogP contribution in [0.25, 0.3) is 0 Å². The van der Waals surface area contributed by atoms with Gasteiger partial charge in [0.25, 0.3) is 0 Å². The predicted molar refractivity (Wildman–Crippen MR) is 54.4 cm³/mol. The van der Waals surface area contributed by atoms with Crippen molar-refractivity contribution in [2.45, 2.75) is 11.6 Å². The molecule has 0 bridgehead atoms. The van der Waals surface area contributed by atoms with Crippen LogP contribution in [-0.4, -0.2) is 25.6 Å². The van der Waals surface area contributed by atoms with Crippen LogP contribution in [-0.2, 0) is 10.0 Å². The van der Waals surface area contributed by atoms with Crippen molar-refractivity contribution in [1.82, 2.24) is 4.72 Å². The summed E-state index contributed by atoms with van der Waals surface area (Å²) in [6, 6.07) is 6.19. The summed E-state index contributed by atoms with van der Waals surface area (Å²) in [6.07, 6.45) is 0. The molecule has 0 amide bonds. The maximum absolute atomic E-state index is 12.1. The highest BCUT2D eigenvalue weighted by molar-refractivity contribution is 7.90. The second-order valence-electron chi connectivity index (χ2n) is 3.21. The number of hydrogen-bond acceptors (Lipinski definition) is 3. The highest BCUT2D eigenvalue weighted by Gasteiger charge is 2.46. The van der Waals surface area contributed by atoms with Gasteiger partial charge in [0.2, 0.25) is 0 Å². The molecule has 0 spiro atoms. The minimum atomic E-state index is -5.47. The molecule has 0 saturated carbocycles. The fourth-order valence-corrected chi connectivity index (χ4v) is 1.87. The molecule has 0 saturated heterocycles. The largest absolute Gasteiger partial charge is 0.511 e. The summed E-state index contributed by atoms with van der Waals surface area (Å²) in [5.41, 5.74) is -5.14. The van der Waals surface area contributed by atoms with Crippen LogP contribution in [0, 0.1) is 0 Å². The maximum Gasteiger partial charge on any atom is 0.511 e. The maximum atomic E-state index is 12.1. The lowest BCUT2D eigenvalue weighted by Crippen LogP contribution is -2.39. The van der Waals surface area contributed by atoms with Crippen LogP contribution in [0.15, 0.2) is 30.3 Å². The van der Waals surface area contributed by atoms with Crippen molar-refractivity contribution < 1.29 is 26.7 Å². The van der Waals surface area contributed by atoms with E-state index in [1.807, 2.05) is 0 Å². The van der Waals surface area contributed by atoms with Crippen LogP contribution in [0.3, 0.4) is 0 Å². The number of hydrogen-bond donors (Lipinski definition) is 2. The summed E-state index contributed by atoms with van der Waals surface area (Å²) < 4.78 is 59.4. The van der Waals surface area contributed by atoms with E-state index < -0.39 is 28.2 Å². The second-order valence-corrected chi connectivity index (χ2v) is 4.92. The third-order valence-electron chi connectivity index (χ3n) is 1.99. The lowest BCUT2D eigenvalue weighted by atomic mass is 10.1. The first-order valence-corrected chi connectivity index (χ1v) is 6.00. The van der Waals surface area contributed by atoms with Crippen molar-refractivity contribution in [2.24, 2.45) is 0 Å². The van der Waals surface area contributed by atoms with Gasteiger partial charge < -0.3 is 5.11 Å². The number of aliphatic hydroxyl groups is 1. The molecule has 1 unspecified atom stereocenters. The van der Waals surface area contributed by atoms with Gasteiger partial charge in [0.1, 0.15) is 0 Å². The first-order valence-electron chi connectivity index (χ1n) is 4.52. The van der Waals surface area contributed by atoms with E-state index in [4.69, 9.17) is 5.11 Å². The summed E-state index contributed by atoms with van der Waals surface area (Å²) in [6.45, 7) is -0.765. The molecule has 1 atom stereocenters. The van der Waals surface area contributed by atoms with Gasteiger partial charge in [0.15, 0.2) is 0 Å². The fraction of sp³-hybridized carbons (Fsp3) is 0.333. The van der Waals surface area contributed by atoms with Crippen LogP contribution >= 0.6 is 0 Å². The first-order chi connectivity index (χ1) is 7.78. The van der Waals surface area contributed by atoms with E-state index in [9.17, 15) is 21.6 Å². The molecule has 8 heteroatoms. The molecule has 4 nitrogen and oxygen atoms in total. The van der Waals surface area contributed by atoms with E-state index in [1.54, 1.807) is 6.07 Å². The minimum Gasteiger partial charge on any atom is -0.394 e. The SMILES string of the molecule is O=S(=O)(NC(CO)c1ccccc1)C(F)(F)F. The highest BCUT2D eigenvalue weighted by atomic mass is 32.2. The lowest BCUT2D eigenvalue weighted by molar-refractivity contribution is -0.0452. The normalized spacial score (nSPS) is 14.6. The molecule has 0 radical (unpaired) electrons. The van der Waals surface area contributed by atoms with Gasteiger partial charge in [-0.1, -0.05) is 30.3 Å². The van der Waals surface area contributed by atoms with E-state index in [0.29, 0.717) is 0 Å². The van der Waals surface area contributed by atoms with Gasteiger partial charge in [0, 0.05) is 0 Å². The zero-order valence-electron chi connectivity index (χ0n) is 8.48. The Morgan fingerprint density at radius 3 is 2.18 bits per heavy atom. The number of aliphatic hydroxyl groups excluding tert-OH is 1. The Kier molecular flexibility index (Phi) is 4.12. The Morgan fingerprint density at radius 1 is 1.24 bits per heavy atom. The number of sulfonamides is 1. The molecule has 1 aromatic carbocycles. The Morgan fingerprint density at radius 2 is 1.76 bits per heavy atom. The third-order valence-corrected chi connectivity index (χ3v) is 3.19. The van der Waals surface area contributed by atoms with Crippen molar-refractivity contribution in [3.63, 3.8) is 0 Å². The summed E-state index contributed by atoms with van der Waals surface area (Å²) in [5.74, 6) is 0. The standard InChI is InChI=1S/C9H10F3NO3S/c10-9(11,12)17(15,16)13-8(6-14)7-4-2-1-3-5-7/h1-5,8,13-14H,6H2. The Balaban J connectivity index is 2.94. The summed E-state index contributed by atoms with van der Waals surface area (Å²) in [7, 11) is -5.47. The summed E-state index contributed by atoms with van der Waals surface area (Å²) >= 11 is 0. The lowest BCUT2D eigenvalue weighted by Gasteiger charge is -2.17. The van der Waals surface area contributed by atoms with Gasteiger partial charge in [-0.25, -0.2) is 8.42 Å². The molecule has 2 N–H and O–H groups in total. The summed E-state index contributed by atoms with van der Waals surface area (Å²) in [5, 5.41) is 8.91. The van der Waals surface area contributed by atoms with E-state index in [1.165, 1.54) is 29.0 Å². The van der Waals surface area contributed by atoms with Gasteiger partial charge >= 0.3 is 15.5 Å². The van der Waals surface area contributed by atoms with Crippen molar-refractivity contribution in [2.75, 3.05) is 6.61 Å². The third kappa shape index (κ3) is 3.42. The molecule has 1 rings (SSSR count). The molecule has 1 aromatic rings. The van der Waals surface area contributed by atoms with Crippen molar-refractivity contribution in [3.8, 4) is 0 Å². The highest BCUT2D eigenvalue weighted by Crippen LogP contribution is 2.24. The smallest absolute Gasteiger partial charge is 0.394 e. The molecule has 0 aliphatic heterocycles. The van der Waals surface area contributed by atoms with Gasteiger partial charge in [-0.3, -0.25) is 0 Å². The molecule has 0 aromatic heterocycles. The molecular formula is C9H10F3NO3S. The Labute approximate surface area is 96.1 Å². The number of rotatable bonds is 4. The van der Waals surface area contributed by atoms with Gasteiger partial charge in [0.05, 0.1) is 12.6 Å². The minimum absolute atomic E-state index is 0.253. The van der Waals surface area contributed by atoms with E-state index in [0.717, 1.165) is 0 Å². The fourth-order valence-electron chi connectivity index (χ4n) is 1.15. The quantitative estimate of drug-likeness (QED) is 0.862. The molecule has 0 aliphatic carbocycles. The number of halogens is 3. The molecular weight excluding hydrogens is 259 g/mol. The topological polar surface area (TPSA) is 66.4 Å². The van der Waals surface area contributed by atoms with Gasteiger partial charge in [-0.05, 0) is 5.56 Å². The van der Waals surface area contributed by atoms with Crippen LogP contribution in [0.2, 0.25) is 0 Å². The van der Waals surface area contributed by atoms with Crippen LogP contribution < -0.4 is 4.72 Å². The molecule has 0 heterocycles. The monoisotopic (exact) mass is 269 g/mol. The van der Waals surface area contributed by atoms with E-state index >= 15 is 0 Å². The van der Waals surface area contributed by atoms with Gasteiger partial charge in [-0.15, -0.1) is 0 Å². The average molecular weight is 269 g/mol. The van der Waals surface area contributed by atoms with Crippen molar-refractivity contribution in [1.29, 1.82) is 0 Å². The molecule has 96 valence electrons. The molecule has 0 fully saturated rings. The predicted octanol–water partition coefficient (Wildman–Crippen LogP) is 1.16. The second kappa shape index (κ2) is 5.03. The average Bonchev–Trinajstić information content (AvgIpc) is 2.25. The zero-order chi connectivity index (χ0) is 13.1. The number of alkyl halides is 3. The van der Waals surface area contributed by atoms with Crippen LogP contribution in [0.1, 0.15) is 11.6 Å². The van der Waals surface area contributed by atoms with Crippen molar-refractivity contribution in [3.05, 3.63) is 35.9 Å².